The van der Waals surface area contributed by atoms with Gasteiger partial charge in [-0.3, -0.25) is 14.9 Å². The van der Waals surface area contributed by atoms with Crippen molar-refractivity contribution in [3.8, 4) is 10.6 Å². The van der Waals surface area contributed by atoms with Crippen molar-refractivity contribution in [2.75, 3.05) is 6.54 Å². The summed E-state index contributed by atoms with van der Waals surface area (Å²) in [5, 5.41) is 25.6. The van der Waals surface area contributed by atoms with Crippen LogP contribution in [0.4, 0.5) is 5.69 Å². The Bertz CT molecular complexity index is 755. The average Bonchev–Trinajstić information content (AvgIpc) is 3.01. The van der Waals surface area contributed by atoms with Gasteiger partial charge in [-0.2, -0.15) is 0 Å². The zero-order valence-electron chi connectivity index (χ0n) is 12.2. The molecule has 23 heavy (non-hydrogen) atoms. The van der Waals surface area contributed by atoms with Gasteiger partial charge in [0.2, 0.25) is 0 Å². The molecule has 0 bridgehead atoms. The van der Waals surface area contributed by atoms with Gasteiger partial charge in [-0.25, -0.2) is 4.98 Å². The molecule has 1 aromatic carbocycles. The van der Waals surface area contributed by atoms with Crippen LogP contribution < -0.4 is 5.32 Å². The van der Waals surface area contributed by atoms with E-state index < -0.39 is 10.5 Å². The minimum absolute atomic E-state index is 0.0177. The second kappa shape index (κ2) is 6.05. The number of amides is 1. The first-order valence-corrected chi connectivity index (χ1v) is 8.06. The van der Waals surface area contributed by atoms with Crippen molar-refractivity contribution in [1.82, 2.24) is 10.3 Å². The lowest BCUT2D eigenvalue weighted by atomic mass is 9.80. The number of nitrogens with zero attached hydrogens (tertiary/aromatic N) is 2. The maximum Gasteiger partial charge on any atom is 0.270 e. The largest absolute Gasteiger partial charge is 0.388 e. The maximum atomic E-state index is 12.1. The third-order valence-electron chi connectivity index (χ3n) is 3.90. The second-order valence-electron chi connectivity index (χ2n) is 5.61. The summed E-state index contributed by atoms with van der Waals surface area (Å²) in [5.41, 5.74) is 0.0466. The lowest BCUT2D eigenvalue weighted by Crippen LogP contribution is -2.47. The highest BCUT2D eigenvalue weighted by molar-refractivity contribution is 7.13. The van der Waals surface area contributed by atoms with Crippen LogP contribution in [0.5, 0.6) is 0 Å². The summed E-state index contributed by atoms with van der Waals surface area (Å²) < 4.78 is 0. The summed E-state index contributed by atoms with van der Waals surface area (Å²) in [6.45, 7) is 0.218. The Labute approximate surface area is 136 Å². The van der Waals surface area contributed by atoms with E-state index in [4.69, 9.17) is 0 Å². The average molecular weight is 333 g/mol. The van der Waals surface area contributed by atoms with E-state index >= 15 is 0 Å². The minimum Gasteiger partial charge on any atom is -0.388 e. The number of benzene rings is 1. The lowest BCUT2D eigenvalue weighted by Gasteiger charge is -2.36. The summed E-state index contributed by atoms with van der Waals surface area (Å²) in [7, 11) is 0. The molecule has 2 N–H and O–H groups in total. The van der Waals surface area contributed by atoms with Crippen LogP contribution >= 0.6 is 11.3 Å². The summed E-state index contributed by atoms with van der Waals surface area (Å²) in [6.07, 6.45) is 2.37. The highest BCUT2D eigenvalue weighted by Crippen LogP contribution is 2.31. The van der Waals surface area contributed by atoms with Gasteiger partial charge in [0, 0.05) is 29.6 Å². The van der Waals surface area contributed by atoms with Crippen molar-refractivity contribution in [2.45, 2.75) is 24.9 Å². The number of hydrogen-bond acceptors (Lipinski definition) is 6. The summed E-state index contributed by atoms with van der Waals surface area (Å²) in [5.74, 6) is -0.349. The zero-order chi connectivity index (χ0) is 16.4. The lowest BCUT2D eigenvalue weighted by molar-refractivity contribution is -0.384. The molecule has 120 valence electrons. The number of carbonyl (C=O) groups is 1. The zero-order valence-corrected chi connectivity index (χ0v) is 13.0. The van der Waals surface area contributed by atoms with Gasteiger partial charge in [-0.15, -0.1) is 11.3 Å². The van der Waals surface area contributed by atoms with Crippen LogP contribution in [0.25, 0.3) is 10.6 Å². The highest BCUT2D eigenvalue weighted by atomic mass is 32.1. The van der Waals surface area contributed by atoms with E-state index in [2.05, 4.69) is 10.3 Å². The number of nitro benzene ring substituents is 1. The smallest absolute Gasteiger partial charge is 0.270 e. The number of aliphatic hydroxyl groups is 1. The number of carbonyl (C=O) groups excluding carboxylic acids is 1. The highest BCUT2D eigenvalue weighted by Gasteiger charge is 2.34. The fourth-order valence-electron chi connectivity index (χ4n) is 2.36. The van der Waals surface area contributed by atoms with E-state index in [0.29, 0.717) is 23.4 Å². The minimum atomic E-state index is -0.783. The van der Waals surface area contributed by atoms with Crippen LogP contribution in [-0.4, -0.2) is 33.1 Å². The molecule has 0 saturated heterocycles. The van der Waals surface area contributed by atoms with E-state index in [1.807, 2.05) is 0 Å². The standard InChI is InChI=1S/C15H15N3O4S/c19-13(16-9-15(20)5-2-6-15)12-8-23-14(17-12)10-3-1-4-11(7-10)18(21)22/h1,3-4,7-8,20H,2,5-6,9H2,(H,16,19). The van der Waals surface area contributed by atoms with Crippen molar-refractivity contribution < 1.29 is 14.8 Å². The van der Waals surface area contributed by atoms with E-state index in [-0.39, 0.29) is 23.8 Å². The van der Waals surface area contributed by atoms with Gasteiger partial charge < -0.3 is 10.4 Å². The molecule has 8 heteroatoms. The first-order valence-electron chi connectivity index (χ1n) is 7.18. The second-order valence-corrected chi connectivity index (χ2v) is 6.46. The van der Waals surface area contributed by atoms with Crippen LogP contribution in [0, 0.1) is 10.1 Å². The van der Waals surface area contributed by atoms with E-state index in [1.165, 1.54) is 23.5 Å². The van der Waals surface area contributed by atoms with Crippen molar-refractivity contribution in [3.05, 3.63) is 45.5 Å². The molecule has 7 nitrogen and oxygen atoms in total. The quantitative estimate of drug-likeness (QED) is 0.645. The summed E-state index contributed by atoms with van der Waals surface area (Å²) in [4.78, 5) is 26.6. The molecular weight excluding hydrogens is 318 g/mol. The third kappa shape index (κ3) is 3.38. The molecule has 1 aromatic heterocycles. The molecule has 3 rings (SSSR count). The van der Waals surface area contributed by atoms with Crippen molar-refractivity contribution >= 4 is 22.9 Å². The van der Waals surface area contributed by atoms with E-state index in [0.717, 1.165) is 6.42 Å². The van der Waals surface area contributed by atoms with Gasteiger partial charge in [0.25, 0.3) is 11.6 Å². The Morgan fingerprint density at radius 1 is 1.48 bits per heavy atom. The van der Waals surface area contributed by atoms with Gasteiger partial charge >= 0.3 is 0 Å². The summed E-state index contributed by atoms with van der Waals surface area (Å²) >= 11 is 1.25. The van der Waals surface area contributed by atoms with Gasteiger partial charge in [0.15, 0.2) is 0 Å². The Balaban J connectivity index is 1.71. The van der Waals surface area contributed by atoms with E-state index in [9.17, 15) is 20.0 Å². The normalized spacial score (nSPS) is 15.7. The van der Waals surface area contributed by atoms with Crippen LogP contribution in [0.1, 0.15) is 29.8 Å². The monoisotopic (exact) mass is 333 g/mol. The van der Waals surface area contributed by atoms with Crippen molar-refractivity contribution in [3.63, 3.8) is 0 Å². The number of nitrogens with one attached hydrogen (secondary N) is 1. The van der Waals surface area contributed by atoms with Crippen LogP contribution in [0.3, 0.4) is 0 Å². The predicted molar refractivity (Wildman–Crippen MR) is 85.3 cm³/mol. The Morgan fingerprint density at radius 2 is 2.26 bits per heavy atom. The molecule has 2 aromatic rings. The third-order valence-corrected chi connectivity index (χ3v) is 4.79. The molecule has 0 unspecified atom stereocenters. The molecule has 1 fully saturated rings. The first-order chi connectivity index (χ1) is 11.0. The first kappa shape index (κ1) is 15.6. The topological polar surface area (TPSA) is 105 Å². The fourth-order valence-corrected chi connectivity index (χ4v) is 3.16. The predicted octanol–water partition coefficient (Wildman–Crippen LogP) is 2.36. The van der Waals surface area contributed by atoms with E-state index in [1.54, 1.807) is 17.5 Å². The number of aromatic nitrogens is 1. The molecule has 1 saturated carbocycles. The Kier molecular flexibility index (Phi) is 4.10. The number of nitro groups is 1. The molecule has 0 spiro atoms. The van der Waals surface area contributed by atoms with Crippen LogP contribution in [-0.2, 0) is 0 Å². The van der Waals surface area contributed by atoms with Gasteiger partial charge in [-0.1, -0.05) is 12.1 Å². The van der Waals surface area contributed by atoms with Crippen LogP contribution in [0.2, 0.25) is 0 Å². The molecule has 1 aliphatic carbocycles. The Morgan fingerprint density at radius 3 is 2.91 bits per heavy atom. The molecule has 0 radical (unpaired) electrons. The molecule has 0 atom stereocenters. The number of rotatable bonds is 5. The van der Waals surface area contributed by atoms with Gasteiger partial charge in [0.1, 0.15) is 10.7 Å². The van der Waals surface area contributed by atoms with Crippen molar-refractivity contribution in [2.24, 2.45) is 0 Å². The fraction of sp³-hybridized carbons (Fsp3) is 0.333. The van der Waals surface area contributed by atoms with Gasteiger partial charge in [-0.05, 0) is 19.3 Å². The van der Waals surface area contributed by atoms with Gasteiger partial charge in [0.05, 0.1) is 10.5 Å². The SMILES string of the molecule is O=C(NCC1(O)CCC1)c1csc(-c2cccc([N+](=O)[O-])c2)n1. The number of hydrogen-bond donors (Lipinski definition) is 2. The molecular formula is C15H15N3O4S. The Hall–Kier alpha value is -2.32. The van der Waals surface area contributed by atoms with Crippen LogP contribution in [0.15, 0.2) is 29.6 Å². The molecule has 0 aliphatic heterocycles. The summed E-state index contributed by atoms with van der Waals surface area (Å²) in [6, 6.07) is 6.13. The molecule has 1 heterocycles. The maximum absolute atomic E-state index is 12.1. The molecule has 1 aliphatic rings. The molecule has 1 amide bonds. The number of non-ortho nitro benzene ring substituents is 1. The number of thiazole rings is 1. The van der Waals surface area contributed by atoms with Crippen molar-refractivity contribution in [1.29, 1.82) is 0 Å².